The smallest absolute Gasteiger partial charge is 0.324 e. The second-order valence-corrected chi connectivity index (χ2v) is 21.2. The van der Waals surface area contributed by atoms with Crippen molar-refractivity contribution in [3.8, 4) is 39.7 Å². The number of thiophene rings is 1. The minimum absolute atomic E-state index is 0.203. The first kappa shape index (κ1) is 53.5. The van der Waals surface area contributed by atoms with Crippen molar-refractivity contribution in [1.29, 1.82) is 0 Å². The Labute approximate surface area is 474 Å². The van der Waals surface area contributed by atoms with Crippen LogP contribution in [0, 0.1) is 19.7 Å². The summed E-state index contributed by atoms with van der Waals surface area (Å²) in [5.74, 6) is 3.65. The van der Waals surface area contributed by atoms with Crippen molar-refractivity contribution >= 4 is 61.2 Å². The van der Waals surface area contributed by atoms with Gasteiger partial charge in [-0.2, -0.15) is 44.6 Å². The molecule has 0 bridgehead atoms. The van der Waals surface area contributed by atoms with Crippen molar-refractivity contribution in [3.63, 3.8) is 0 Å². The lowest BCUT2D eigenvalue weighted by molar-refractivity contribution is 0.280. The Bertz CT molecular complexity index is 4060. The molecule has 22 heteroatoms. The van der Waals surface area contributed by atoms with Gasteiger partial charge in [0.25, 0.3) is 0 Å². The first-order valence-corrected chi connectivity index (χ1v) is 27.9. The van der Waals surface area contributed by atoms with E-state index in [1.54, 1.807) is 49.2 Å². The Morgan fingerprint density at radius 2 is 1.51 bits per heavy atom. The van der Waals surface area contributed by atoms with Crippen LogP contribution in [0.15, 0.2) is 163 Å². The maximum atomic E-state index is 13.2. The first-order valence-electron chi connectivity index (χ1n) is 26.1. The molecule has 0 radical (unpaired) electrons. The van der Waals surface area contributed by atoms with Crippen LogP contribution in [0.1, 0.15) is 59.3 Å². The Morgan fingerprint density at radius 1 is 0.691 bits per heavy atom. The van der Waals surface area contributed by atoms with Gasteiger partial charge >= 0.3 is 12.0 Å². The molecule has 0 amide bonds. The van der Waals surface area contributed by atoms with Crippen LogP contribution in [-0.2, 0) is 19.6 Å². The molecule has 12 aromatic rings. The van der Waals surface area contributed by atoms with E-state index in [0.29, 0.717) is 23.3 Å². The summed E-state index contributed by atoms with van der Waals surface area (Å²) in [6.45, 7) is 6.99. The minimum atomic E-state index is -0.293. The molecule has 13 rings (SSSR count). The van der Waals surface area contributed by atoms with Crippen LogP contribution >= 0.6 is 22.7 Å². The van der Waals surface area contributed by atoms with Crippen molar-refractivity contribution in [3.05, 3.63) is 203 Å². The molecule has 8 aromatic heterocycles. The quantitative estimate of drug-likeness (QED) is 0.0776. The molecule has 408 valence electrons. The van der Waals surface area contributed by atoms with Crippen LogP contribution in [0.3, 0.4) is 0 Å². The lowest BCUT2D eigenvalue weighted by Gasteiger charge is -2.12. The molecule has 1 aliphatic rings. The molecule has 4 aromatic carbocycles. The molecule has 0 spiro atoms. The summed E-state index contributed by atoms with van der Waals surface area (Å²) in [4.78, 5) is 39.7. The standard InChI is InChI=1S/C25H18N6OS.C18H18FN5O.C16H20N6S/c1-16-5-4-7-17(11-16)21-13-24(30-31-22-8-3-2-6-18(22)14-27-31)29-25(28-21)32-19-9-10-20-23(12-19)33-15-26-20;1-12-7-17(23-24-10-15(9-20-24)14-5-6-14)22-18(21-12)25-11-13-3-2-4-16(19)8-13;1-4-12-9-17-22(10-12)20-15-8-13(11-21(2)3)18-16(19-15)14-6-5-7-23-14/h2-15H,1H3,(H,28,29,30);2-4,7-10,14H,5-6,11H2,1H3,(H,21,22,23);5-10H,4,11H2,1-3H3,(H,18,19,20). The van der Waals surface area contributed by atoms with Gasteiger partial charge in [0.05, 0.1) is 68.5 Å². The van der Waals surface area contributed by atoms with Gasteiger partial charge in [0.15, 0.2) is 23.3 Å². The van der Waals surface area contributed by atoms with Crippen molar-refractivity contribution in [2.24, 2.45) is 0 Å². The maximum Gasteiger partial charge on any atom is 0.324 e. The lowest BCUT2D eigenvalue weighted by atomic mass is 10.1. The van der Waals surface area contributed by atoms with Crippen LogP contribution in [-0.4, -0.2) is 83.6 Å². The minimum Gasteiger partial charge on any atom is -0.459 e. The topological polar surface area (TPSA) is 201 Å². The third-order valence-electron chi connectivity index (χ3n) is 12.5. The summed E-state index contributed by atoms with van der Waals surface area (Å²) in [5, 5.41) is 16.1. The number of halogens is 1. The number of nitrogens with zero attached hydrogens (tertiary/aromatic N) is 14. The van der Waals surface area contributed by atoms with Crippen LogP contribution in [0.5, 0.6) is 17.8 Å². The van der Waals surface area contributed by atoms with E-state index < -0.39 is 0 Å². The highest BCUT2D eigenvalue weighted by atomic mass is 32.1. The van der Waals surface area contributed by atoms with Gasteiger partial charge in [-0.25, -0.2) is 24.3 Å². The summed E-state index contributed by atoms with van der Waals surface area (Å²) in [6, 6.07) is 38.4. The van der Waals surface area contributed by atoms with Crippen LogP contribution in [0.2, 0.25) is 0 Å². The van der Waals surface area contributed by atoms with Gasteiger partial charge in [-0.05, 0) is 118 Å². The summed E-state index contributed by atoms with van der Waals surface area (Å²) < 4.78 is 25.9. The van der Waals surface area contributed by atoms with E-state index in [0.717, 1.165) is 84.4 Å². The number of thiazole rings is 1. The molecular weight excluding hydrogens is 1060 g/mol. The largest absolute Gasteiger partial charge is 0.459 e. The zero-order valence-electron chi connectivity index (χ0n) is 45.0. The molecule has 3 N–H and O–H groups in total. The average molecular weight is 1120 g/mol. The maximum absolute atomic E-state index is 13.2. The van der Waals surface area contributed by atoms with E-state index in [9.17, 15) is 4.39 Å². The number of benzene rings is 4. The highest BCUT2D eigenvalue weighted by molar-refractivity contribution is 7.16. The SMILES string of the molecule is CCc1cnn(Nc2cc(CN(C)C)nc(-c3cccs3)n2)c1.Cc1cc(Nn2cc(C3CC3)cn2)nc(OCc2cccc(F)c2)n1.Cc1cccc(-c2cc(Nn3ncc4ccccc43)nc(Oc3ccc4ncsc4c3)n2)c1. The Kier molecular flexibility index (Phi) is 16.3. The number of fused-ring (bicyclic) bond motifs is 2. The molecule has 19 nitrogen and oxygen atoms in total. The van der Waals surface area contributed by atoms with E-state index in [2.05, 4.69) is 97.3 Å². The van der Waals surface area contributed by atoms with E-state index in [-0.39, 0.29) is 24.4 Å². The van der Waals surface area contributed by atoms with Crippen molar-refractivity contribution in [2.45, 2.75) is 59.1 Å². The molecule has 8 heterocycles. The summed E-state index contributed by atoms with van der Waals surface area (Å²) >= 11 is 3.20. The van der Waals surface area contributed by atoms with Crippen molar-refractivity contribution in [2.75, 3.05) is 30.4 Å². The van der Waals surface area contributed by atoms with Gasteiger partial charge in [0.2, 0.25) is 0 Å². The van der Waals surface area contributed by atoms with Crippen molar-refractivity contribution < 1.29 is 13.9 Å². The number of ether oxygens (including phenoxy) is 2. The first-order chi connectivity index (χ1) is 39.5. The Hall–Kier alpha value is -9.51. The Balaban J connectivity index is 0.000000131. The van der Waals surface area contributed by atoms with E-state index in [4.69, 9.17) is 9.47 Å². The molecule has 81 heavy (non-hydrogen) atoms. The number of rotatable bonds is 17. The fourth-order valence-corrected chi connectivity index (χ4v) is 9.79. The fraction of sp³-hybridized carbons (Fsp3) is 0.186. The monoisotopic (exact) mass is 1120 g/mol. The van der Waals surface area contributed by atoms with Gasteiger partial charge in [-0.15, -0.1) is 22.7 Å². The third-order valence-corrected chi connectivity index (χ3v) is 14.1. The second-order valence-electron chi connectivity index (χ2n) is 19.3. The zero-order chi connectivity index (χ0) is 55.7. The molecule has 1 fully saturated rings. The highest BCUT2D eigenvalue weighted by Crippen LogP contribution is 2.39. The molecule has 1 aliphatic carbocycles. The Morgan fingerprint density at radius 3 is 2.31 bits per heavy atom. The molecule has 0 unspecified atom stereocenters. The van der Waals surface area contributed by atoms with Gasteiger partial charge in [-0.3, -0.25) is 16.3 Å². The molecule has 0 atom stereocenters. The van der Waals surface area contributed by atoms with Gasteiger partial charge in [-0.1, -0.05) is 67.1 Å². The number of aryl methyl sites for hydroxylation is 3. The second kappa shape index (κ2) is 24.7. The molecule has 0 saturated heterocycles. The fourth-order valence-electron chi connectivity index (χ4n) is 8.43. The van der Waals surface area contributed by atoms with Gasteiger partial charge in [0.1, 0.15) is 18.2 Å². The normalized spacial score (nSPS) is 11.9. The zero-order valence-corrected chi connectivity index (χ0v) is 46.6. The van der Waals surface area contributed by atoms with E-state index in [1.807, 2.05) is 148 Å². The molecular formula is C59H56FN17O2S2. The van der Waals surface area contributed by atoms with Crippen LogP contribution < -0.4 is 25.8 Å². The summed E-state index contributed by atoms with van der Waals surface area (Å²) in [5.41, 5.74) is 21.1. The van der Waals surface area contributed by atoms with Crippen LogP contribution in [0.4, 0.5) is 21.8 Å². The number of aromatic nitrogens is 13. The van der Waals surface area contributed by atoms with Crippen molar-refractivity contribution in [1.82, 2.24) is 69.5 Å². The summed E-state index contributed by atoms with van der Waals surface area (Å²) in [7, 11) is 4.06. The number of nitrogens with one attached hydrogen (secondary N) is 3. The predicted molar refractivity (Wildman–Crippen MR) is 315 cm³/mol. The average Bonchev–Trinajstić information content (AvgIpc) is 4.08. The van der Waals surface area contributed by atoms with Gasteiger partial charge in [0, 0.05) is 47.5 Å². The number of hydrogen-bond acceptors (Lipinski definition) is 18. The third kappa shape index (κ3) is 14.2. The highest BCUT2D eigenvalue weighted by Gasteiger charge is 2.25. The number of hydrogen-bond donors (Lipinski definition) is 3. The van der Waals surface area contributed by atoms with E-state index >= 15 is 0 Å². The van der Waals surface area contributed by atoms with Crippen LogP contribution in [0.25, 0.3) is 43.1 Å². The van der Waals surface area contributed by atoms with Gasteiger partial charge < -0.3 is 14.4 Å². The molecule has 0 aliphatic heterocycles. The van der Waals surface area contributed by atoms with E-state index in [1.165, 1.54) is 36.1 Å². The predicted octanol–water partition coefficient (Wildman–Crippen LogP) is 12.4. The molecule has 1 saturated carbocycles. The lowest BCUT2D eigenvalue weighted by Crippen LogP contribution is -2.15. The summed E-state index contributed by atoms with van der Waals surface area (Å²) in [6.07, 6.45) is 12.9. The number of anilines is 3. The number of para-hydroxylation sites is 1.